The Labute approximate surface area is 139 Å². The third-order valence-electron chi connectivity index (χ3n) is 3.72. The number of aliphatic hydroxyl groups is 2. The number of nitrogen functional groups attached to an aromatic ring is 1. The van der Waals surface area contributed by atoms with E-state index in [-0.39, 0.29) is 0 Å². The molecule has 1 aromatic rings. The Morgan fingerprint density at radius 1 is 1.08 bits per heavy atom. The number of rotatable bonds is 4. The van der Waals surface area contributed by atoms with Gasteiger partial charge in [0.1, 0.15) is 23.4 Å². The van der Waals surface area contributed by atoms with Crippen LogP contribution in [0.3, 0.4) is 0 Å². The molecule has 6 nitrogen and oxygen atoms in total. The van der Waals surface area contributed by atoms with Gasteiger partial charge in [-0.2, -0.15) is 0 Å². The van der Waals surface area contributed by atoms with Crippen LogP contribution >= 0.6 is 0 Å². The molecule has 0 aromatic heterocycles. The number of aliphatic hydroxyl groups excluding tert-OH is 2. The fourth-order valence-electron chi connectivity index (χ4n) is 2.75. The first kappa shape index (κ1) is 16.4. The highest BCUT2D eigenvalue weighted by Crippen LogP contribution is 2.24. The maximum atomic E-state index is 9.71. The van der Waals surface area contributed by atoms with Crippen molar-refractivity contribution < 1.29 is 14.6 Å². The molecule has 1 aliphatic heterocycles. The van der Waals surface area contributed by atoms with E-state index in [4.69, 9.17) is 10.2 Å². The average Bonchev–Trinajstić information content (AvgIpc) is 2.51. The largest absolute Gasteiger partial charge is 0.452 e. The van der Waals surface area contributed by atoms with Crippen LogP contribution in [0.25, 0.3) is 22.6 Å². The number of aromatic nitrogens is 1. The Morgan fingerprint density at radius 3 is 2.46 bits per heavy atom. The number of hydrogen-bond acceptors (Lipinski definition) is 5. The second-order valence-electron chi connectivity index (χ2n) is 6.20. The normalized spacial score (nSPS) is 14.0. The summed E-state index contributed by atoms with van der Waals surface area (Å²) in [5.41, 5.74) is 8.53. The summed E-state index contributed by atoms with van der Waals surface area (Å²) in [5.74, 6) is 0.631. The Kier molecular flexibility index (Phi) is 4.51. The molecule has 0 bridgehead atoms. The summed E-state index contributed by atoms with van der Waals surface area (Å²) in [6.07, 6.45) is -1.02. The minimum Gasteiger partial charge on any atom is -0.452 e. The summed E-state index contributed by atoms with van der Waals surface area (Å²) < 4.78 is 7.86. The molecule has 6 heteroatoms. The van der Waals surface area contributed by atoms with Gasteiger partial charge in [-0.25, -0.2) is 9.56 Å². The van der Waals surface area contributed by atoms with Crippen molar-refractivity contribution in [3.63, 3.8) is 0 Å². The van der Waals surface area contributed by atoms with Crippen LogP contribution in [-0.2, 0) is 0 Å². The number of benzene rings is 2. The third-order valence-corrected chi connectivity index (χ3v) is 3.72. The Balaban J connectivity index is 2.19. The van der Waals surface area contributed by atoms with E-state index in [9.17, 15) is 10.2 Å². The van der Waals surface area contributed by atoms with Crippen molar-refractivity contribution in [2.75, 3.05) is 18.8 Å². The summed E-state index contributed by atoms with van der Waals surface area (Å²) in [6.45, 7) is 4.28. The van der Waals surface area contributed by atoms with Crippen LogP contribution in [0.4, 0.5) is 5.69 Å². The molecule has 2 atom stereocenters. The van der Waals surface area contributed by atoms with Crippen LogP contribution in [0, 0.1) is 0 Å². The maximum absolute atomic E-state index is 9.71. The van der Waals surface area contributed by atoms with Gasteiger partial charge in [0.2, 0.25) is 5.36 Å². The highest BCUT2D eigenvalue weighted by atomic mass is 16.3. The fraction of sp³-hybridized carbons (Fsp3) is 0.333. The summed E-state index contributed by atoms with van der Waals surface area (Å²) in [6, 6.07) is 11.0. The maximum Gasteiger partial charge on any atom is 0.203 e. The number of fused-ring (bicyclic) bond motifs is 2. The molecule has 0 fully saturated rings. The van der Waals surface area contributed by atoms with Crippen LogP contribution in [0.15, 0.2) is 40.8 Å². The van der Waals surface area contributed by atoms with E-state index in [0.29, 0.717) is 30.1 Å². The van der Waals surface area contributed by atoms with Crippen LogP contribution in [0.5, 0.6) is 0 Å². The second kappa shape index (κ2) is 6.59. The van der Waals surface area contributed by atoms with E-state index >= 15 is 0 Å². The lowest BCUT2D eigenvalue weighted by Gasteiger charge is -2.10. The van der Waals surface area contributed by atoms with Crippen molar-refractivity contribution in [1.82, 2.24) is 9.56 Å². The quantitative estimate of drug-likeness (QED) is 0.378. The Morgan fingerprint density at radius 2 is 1.79 bits per heavy atom. The van der Waals surface area contributed by atoms with Gasteiger partial charge < -0.3 is 20.4 Å². The Hall–Kier alpha value is -2.44. The molecule has 0 radical (unpaired) electrons. The van der Waals surface area contributed by atoms with E-state index in [0.717, 1.165) is 16.6 Å². The first-order chi connectivity index (χ1) is 11.4. The number of hydrogen-bond donors (Lipinski definition) is 3. The lowest BCUT2D eigenvalue weighted by atomic mass is 10.2. The zero-order chi connectivity index (χ0) is 17.3. The first-order valence-electron chi connectivity index (χ1n) is 7.96. The molecular weight excluding hydrogens is 306 g/mol. The van der Waals surface area contributed by atoms with Crippen molar-refractivity contribution in [2.45, 2.75) is 26.1 Å². The van der Waals surface area contributed by atoms with Crippen LogP contribution in [0.1, 0.15) is 13.8 Å². The van der Waals surface area contributed by atoms with E-state index < -0.39 is 12.2 Å². The topological polar surface area (TPSA) is 95.5 Å². The van der Waals surface area contributed by atoms with Crippen molar-refractivity contribution in [3.8, 4) is 11.5 Å². The van der Waals surface area contributed by atoms with Crippen molar-refractivity contribution >= 4 is 16.8 Å². The van der Waals surface area contributed by atoms with Gasteiger partial charge in [-0.1, -0.05) is 0 Å². The van der Waals surface area contributed by atoms with E-state index in [2.05, 4.69) is 4.98 Å². The minimum atomic E-state index is -0.508. The molecule has 0 spiro atoms. The molecule has 1 heterocycles. The molecule has 2 aliphatic rings. The van der Waals surface area contributed by atoms with Gasteiger partial charge in [0.25, 0.3) is 0 Å². The summed E-state index contributed by atoms with van der Waals surface area (Å²) in [4.78, 5) is 4.57. The lowest BCUT2D eigenvalue weighted by molar-refractivity contribution is 0.151. The summed E-state index contributed by atoms with van der Waals surface area (Å²) in [5, 5.41) is 20.3. The van der Waals surface area contributed by atoms with Crippen LogP contribution in [-0.4, -0.2) is 40.5 Å². The van der Waals surface area contributed by atoms with Crippen LogP contribution in [0.2, 0.25) is 0 Å². The van der Waals surface area contributed by atoms with E-state index in [1.54, 1.807) is 26.0 Å². The molecule has 24 heavy (non-hydrogen) atoms. The number of nitrogens with two attached hydrogens (primary N) is 1. The second-order valence-corrected chi connectivity index (χ2v) is 6.20. The zero-order valence-electron chi connectivity index (χ0n) is 13.8. The Bertz CT molecular complexity index is 888. The molecular formula is C18H22N3O3+. The molecule has 0 saturated carbocycles. The molecule has 0 amide bonds. The number of nitrogens with zero attached hydrogens (tertiary/aromatic N) is 2. The molecule has 2 unspecified atom stereocenters. The number of anilines is 1. The summed E-state index contributed by atoms with van der Waals surface area (Å²) in [7, 11) is 0. The summed E-state index contributed by atoms with van der Waals surface area (Å²) >= 11 is 0. The highest BCUT2D eigenvalue weighted by molar-refractivity contribution is 5.79. The fourth-order valence-corrected chi connectivity index (χ4v) is 2.75. The average molecular weight is 328 g/mol. The van der Waals surface area contributed by atoms with Gasteiger partial charge in [0, 0.05) is 17.8 Å². The van der Waals surface area contributed by atoms with Gasteiger partial charge in [0.15, 0.2) is 24.4 Å². The molecule has 1 aromatic carbocycles. The molecule has 3 rings (SSSR count). The van der Waals surface area contributed by atoms with Crippen molar-refractivity contribution in [2.24, 2.45) is 0 Å². The first-order valence-corrected chi connectivity index (χ1v) is 7.96. The smallest absolute Gasteiger partial charge is 0.203 e. The van der Waals surface area contributed by atoms with Gasteiger partial charge in [-0.05, 0) is 32.0 Å². The molecule has 4 N–H and O–H groups in total. The molecule has 126 valence electrons. The highest BCUT2D eigenvalue weighted by Gasteiger charge is 2.16. The van der Waals surface area contributed by atoms with Gasteiger partial charge in [0.05, 0.1) is 6.07 Å². The van der Waals surface area contributed by atoms with E-state index in [1.807, 2.05) is 28.8 Å². The minimum absolute atomic E-state index is 0.421. The van der Waals surface area contributed by atoms with Crippen LogP contribution < -0.4 is 15.7 Å². The monoisotopic (exact) mass is 328 g/mol. The standard InChI is InChI=1S/C18H21N3O3/c1-11(22)9-21(10-12(2)23)14-4-6-16-18(8-14)24-17-7-13(19)3-5-15(17)20-16/h3-8,11-12,19,22-23H,9-10H2,1-2H3/p+1. The SMILES string of the molecule is CC(O)C[N+](CC(C)O)=c1ccc2nc3ccc(N)cc3oc-2c1. The van der Waals surface area contributed by atoms with Crippen molar-refractivity contribution in [1.29, 1.82) is 0 Å². The predicted octanol–water partition coefficient (Wildman–Crippen LogP) is 1.05. The van der Waals surface area contributed by atoms with E-state index in [1.165, 1.54) is 0 Å². The lowest BCUT2D eigenvalue weighted by Crippen LogP contribution is -2.39. The zero-order valence-corrected chi connectivity index (χ0v) is 13.8. The van der Waals surface area contributed by atoms with Gasteiger partial charge in [-0.3, -0.25) is 0 Å². The predicted molar refractivity (Wildman–Crippen MR) is 93.4 cm³/mol. The van der Waals surface area contributed by atoms with Gasteiger partial charge in [-0.15, -0.1) is 0 Å². The third kappa shape index (κ3) is 3.55. The van der Waals surface area contributed by atoms with Crippen molar-refractivity contribution in [3.05, 3.63) is 41.8 Å². The molecule has 0 saturated heterocycles. The van der Waals surface area contributed by atoms with Gasteiger partial charge >= 0.3 is 0 Å². The molecule has 1 aliphatic carbocycles.